The molecule has 2 heterocycles. The smallest absolute Gasteiger partial charge is 0.305 e. The van der Waals surface area contributed by atoms with Crippen molar-refractivity contribution in [3.8, 4) is 0 Å². The molecule has 21 heavy (non-hydrogen) atoms. The Balaban J connectivity index is 1.80. The number of halogens is 1. The lowest BCUT2D eigenvalue weighted by Gasteiger charge is -2.34. The number of rotatable bonds is 4. The van der Waals surface area contributed by atoms with Crippen molar-refractivity contribution in [2.24, 2.45) is 0 Å². The van der Waals surface area contributed by atoms with E-state index in [1.54, 1.807) is 4.90 Å². The summed E-state index contributed by atoms with van der Waals surface area (Å²) in [5.74, 6) is -0.740. The third-order valence-electron chi connectivity index (χ3n) is 3.82. The van der Waals surface area contributed by atoms with E-state index in [0.717, 1.165) is 18.5 Å². The number of nitrogens with one attached hydrogen (secondary N) is 1. The monoisotopic (exact) mass is 357 g/mol. The Hall–Kier alpha value is -1.41. The minimum atomic E-state index is -0.942. The molecule has 1 atom stereocenters. The van der Waals surface area contributed by atoms with Crippen LogP contribution in [0.3, 0.4) is 0 Å². The Morgan fingerprint density at radius 1 is 1.48 bits per heavy atom. The number of carboxylic acids is 1. The van der Waals surface area contributed by atoms with Gasteiger partial charge in [0.05, 0.1) is 35.8 Å². The van der Waals surface area contributed by atoms with E-state index >= 15 is 0 Å². The van der Waals surface area contributed by atoms with Crippen molar-refractivity contribution in [3.05, 3.63) is 15.9 Å². The average molecular weight is 358 g/mol. The number of hydrogen-bond acceptors (Lipinski definition) is 4. The summed E-state index contributed by atoms with van der Waals surface area (Å²) in [5, 5.41) is 16.0. The van der Waals surface area contributed by atoms with Gasteiger partial charge < -0.3 is 14.7 Å². The van der Waals surface area contributed by atoms with Crippen molar-refractivity contribution >= 4 is 27.8 Å². The number of H-pyrrole nitrogens is 1. The summed E-state index contributed by atoms with van der Waals surface area (Å²) in [7, 11) is 0. The molecule has 0 spiro atoms. The molecule has 1 aromatic rings. The van der Waals surface area contributed by atoms with Crippen LogP contribution in [0.5, 0.6) is 0 Å². The summed E-state index contributed by atoms with van der Waals surface area (Å²) in [5.41, 5.74) is 1.29. The van der Waals surface area contributed by atoms with E-state index in [2.05, 4.69) is 26.1 Å². The molecule has 1 amide bonds. The average Bonchev–Trinajstić information content (AvgIpc) is 3.21. The van der Waals surface area contributed by atoms with E-state index < -0.39 is 12.0 Å². The van der Waals surface area contributed by atoms with Crippen LogP contribution in [0.15, 0.2) is 4.47 Å². The summed E-state index contributed by atoms with van der Waals surface area (Å²) in [6.07, 6.45) is 2.09. The van der Waals surface area contributed by atoms with Crippen LogP contribution in [0, 0.1) is 0 Å². The predicted octanol–water partition coefficient (Wildman–Crippen LogP) is 1.37. The molecule has 2 aliphatic rings. The lowest BCUT2D eigenvalue weighted by atomic mass is 10.1. The third-order valence-corrected chi connectivity index (χ3v) is 4.62. The number of amides is 1. The molecule has 0 bridgehead atoms. The molecule has 0 aromatic carbocycles. The van der Waals surface area contributed by atoms with Gasteiger partial charge in [0.25, 0.3) is 5.91 Å². The maximum atomic E-state index is 12.6. The quantitative estimate of drug-likeness (QED) is 0.848. The topological polar surface area (TPSA) is 95.5 Å². The molecule has 3 rings (SSSR count). The predicted molar refractivity (Wildman–Crippen MR) is 76.2 cm³/mol. The fourth-order valence-corrected chi connectivity index (χ4v) is 3.23. The van der Waals surface area contributed by atoms with Crippen LogP contribution in [0.4, 0.5) is 0 Å². The number of nitrogens with zero attached hydrogens (tertiary/aromatic N) is 2. The third kappa shape index (κ3) is 2.96. The summed E-state index contributed by atoms with van der Waals surface area (Å²) in [6.45, 7) is 1.05. The lowest BCUT2D eigenvalue weighted by molar-refractivity contribution is -0.139. The number of aliphatic carboxylic acids is 1. The van der Waals surface area contributed by atoms with Gasteiger partial charge in [0.1, 0.15) is 0 Å². The second-order valence-corrected chi connectivity index (χ2v) is 6.19. The number of morpholine rings is 1. The van der Waals surface area contributed by atoms with Crippen LogP contribution in [0.1, 0.15) is 41.4 Å². The van der Waals surface area contributed by atoms with Gasteiger partial charge in [0.15, 0.2) is 5.69 Å². The molecule has 1 aliphatic carbocycles. The van der Waals surface area contributed by atoms with Crippen molar-refractivity contribution in [3.63, 3.8) is 0 Å². The van der Waals surface area contributed by atoms with Crippen LogP contribution in [-0.4, -0.2) is 57.9 Å². The molecule has 0 radical (unpaired) electrons. The van der Waals surface area contributed by atoms with Crippen molar-refractivity contribution in [1.29, 1.82) is 0 Å². The molecule has 1 unspecified atom stereocenters. The van der Waals surface area contributed by atoms with Gasteiger partial charge in [0, 0.05) is 12.5 Å². The lowest BCUT2D eigenvalue weighted by Crippen LogP contribution is -2.49. The van der Waals surface area contributed by atoms with Gasteiger partial charge >= 0.3 is 5.97 Å². The highest BCUT2D eigenvalue weighted by atomic mass is 79.9. The van der Waals surface area contributed by atoms with Crippen molar-refractivity contribution in [1.82, 2.24) is 15.1 Å². The zero-order valence-corrected chi connectivity index (χ0v) is 12.9. The van der Waals surface area contributed by atoms with Crippen molar-refractivity contribution in [2.75, 3.05) is 19.8 Å². The SMILES string of the molecule is O=C(O)CC1COCCN1C(=O)c1n[nH]c(C2CC2)c1Br. The number of hydrogen-bond donors (Lipinski definition) is 2. The van der Waals surface area contributed by atoms with E-state index in [4.69, 9.17) is 9.84 Å². The first-order chi connectivity index (χ1) is 10.1. The summed E-state index contributed by atoms with van der Waals surface area (Å²) < 4.78 is 5.99. The van der Waals surface area contributed by atoms with Crippen LogP contribution < -0.4 is 0 Å². The number of aromatic nitrogens is 2. The first-order valence-corrected chi connectivity index (χ1v) is 7.71. The van der Waals surface area contributed by atoms with E-state index in [0.29, 0.717) is 29.2 Å². The highest BCUT2D eigenvalue weighted by Gasteiger charge is 2.35. The summed E-state index contributed by atoms with van der Waals surface area (Å²) in [6, 6.07) is -0.447. The van der Waals surface area contributed by atoms with Gasteiger partial charge in [-0.15, -0.1) is 0 Å². The number of ether oxygens (including phenoxy) is 1. The molecule has 2 fully saturated rings. The molecule has 1 aromatic heterocycles. The Bertz CT molecular complexity index is 570. The zero-order valence-electron chi connectivity index (χ0n) is 11.3. The normalized spacial score (nSPS) is 22.3. The maximum Gasteiger partial charge on any atom is 0.305 e. The first kappa shape index (κ1) is 14.5. The van der Waals surface area contributed by atoms with Crippen molar-refractivity contribution in [2.45, 2.75) is 31.2 Å². The first-order valence-electron chi connectivity index (χ1n) is 6.92. The highest BCUT2D eigenvalue weighted by Crippen LogP contribution is 2.43. The van der Waals surface area contributed by atoms with Crippen LogP contribution >= 0.6 is 15.9 Å². The Morgan fingerprint density at radius 2 is 2.24 bits per heavy atom. The summed E-state index contributed by atoms with van der Waals surface area (Å²) >= 11 is 3.44. The fraction of sp³-hybridized carbons (Fsp3) is 0.615. The van der Waals surface area contributed by atoms with E-state index in [1.165, 1.54) is 0 Å². The Morgan fingerprint density at radius 3 is 2.90 bits per heavy atom. The number of aromatic amines is 1. The standard InChI is InChI=1S/C13H16BrN3O4/c14-10-11(7-1-2-7)15-16-12(10)13(20)17-3-4-21-6-8(17)5-9(18)19/h7-8H,1-6H2,(H,15,16)(H,18,19). The molecule has 8 heteroatoms. The second kappa shape index (κ2) is 5.76. The highest BCUT2D eigenvalue weighted by molar-refractivity contribution is 9.10. The molecule has 7 nitrogen and oxygen atoms in total. The number of carboxylic acid groups (broad SMARTS) is 1. The fourth-order valence-electron chi connectivity index (χ4n) is 2.55. The minimum absolute atomic E-state index is 0.122. The molecule has 1 aliphatic heterocycles. The minimum Gasteiger partial charge on any atom is -0.481 e. The van der Waals surface area contributed by atoms with Gasteiger partial charge in [-0.3, -0.25) is 14.7 Å². The molecular weight excluding hydrogens is 342 g/mol. The van der Waals surface area contributed by atoms with E-state index in [9.17, 15) is 9.59 Å². The van der Waals surface area contributed by atoms with E-state index in [-0.39, 0.29) is 18.9 Å². The van der Waals surface area contributed by atoms with Gasteiger partial charge in [0.2, 0.25) is 0 Å². The van der Waals surface area contributed by atoms with E-state index in [1.807, 2.05) is 0 Å². The number of carbonyl (C=O) groups excluding carboxylic acids is 1. The van der Waals surface area contributed by atoms with Crippen molar-refractivity contribution < 1.29 is 19.4 Å². The molecular formula is C13H16BrN3O4. The van der Waals surface area contributed by atoms with Gasteiger partial charge in [-0.2, -0.15) is 5.10 Å². The zero-order chi connectivity index (χ0) is 15.0. The maximum absolute atomic E-state index is 12.6. The van der Waals surface area contributed by atoms with Gasteiger partial charge in [-0.05, 0) is 28.8 Å². The molecule has 1 saturated heterocycles. The Kier molecular flexibility index (Phi) is 3.99. The van der Waals surface area contributed by atoms with Crippen LogP contribution in [0.25, 0.3) is 0 Å². The molecule has 1 saturated carbocycles. The molecule has 2 N–H and O–H groups in total. The number of carbonyl (C=O) groups is 2. The molecule has 114 valence electrons. The Labute approximate surface area is 129 Å². The van der Waals surface area contributed by atoms with Gasteiger partial charge in [-0.1, -0.05) is 0 Å². The van der Waals surface area contributed by atoms with Crippen LogP contribution in [-0.2, 0) is 9.53 Å². The second-order valence-electron chi connectivity index (χ2n) is 5.40. The van der Waals surface area contributed by atoms with Crippen LogP contribution in [0.2, 0.25) is 0 Å². The largest absolute Gasteiger partial charge is 0.481 e. The van der Waals surface area contributed by atoms with Gasteiger partial charge in [-0.25, -0.2) is 0 Å². The summed E-state index contributed by atoms with van der Waals surface area (Å²) in [4.78, 5) is 25.1.